The molecule has 2 amide bonds. The molecule has 10 nitrogen and oxygen atoms in total. The minimum absolute atomic E-state index is 0.00600. The fourth-order valence-corrected chi connectivity index (χ4v) is 6.57. The summed E-state index contributed by atoms with van der Waals surface area (Å²) in [7, 11) is 1.47. The molecule has 1 saturated heterocycles. The molecule has 0 saturated carbocycles. The van der Waals surface area contributed by atoms with Crippen molar-refractivity contribution in [3.05, 3.63) is 89.9 Å². The molecule has 4 heterocycles. The van der Waals surface area contributed by atoms with Crippen molar-refractivity contribution >= 4 is 29.4 Å². The number of aliphatic hydroxyl groups excluding tert-OH is 1. The van der Waals surface area contributed by atoms with Crippen molar-refractivity contribution in [1.82, 2.24) is 19.8 Å². The van der Waals surface area contributed by atoms with E-state index in [1.165, 1.54) is 29.2 Å². The van der Waals surface area contributed by atoms with Crippen molar-refractivity contribution in [1.29, 1.82) is 0 Å². The lowest BCUT2D eigenvalue weighted by Crippen LogP contribution is -2.76. The van der Waals surface area contributed by atoms with E-state index in [1.807, 2.05) is 70.4 Å². The molecule has 1 spiro atoms. The Morgan fingerprint density at radius 1 is 1.19 bits per heavy atom. The number of carbonyl (C=O) groups excluding carboxylic acids is 3. The van der Waals surface area contributed by atoms with Crippen LogP contribution in [0.4, 0.5) is 5.69 Å². The van der Waals surface area contributed by atoms with Gasteiger partial charge in [-0.05, 0) is 57.6 Å². The third-order valence-electron chi connectivity index (χ3n) is 8.60. The summed E-state index contributed by atoms with van der Waals surface area (Å²) in [5.74, 6) is -3.42. The number of amides is 2. The van der Waals surface area contributed by atoms with Crippen LogP contribution >= 0.6 is 0 Å². The summed E-state index contributed by atoms with van der Waals surface area (Å²) >= 11 is 0. The predicted octanol–water partition coefficient (Wildman–Crippen LogP) is 4.48. The molecule has 0 bridgehead atoms. The first kappa shape index (κ1) is 29.1. The van der Waals surface area contributed by atoms with Gasteiger partial charge in [-0.25, -0.2) is 10.0 Å². The molecule has 3 aliphatic rings. The van der Waals surface area contributed by atoms with Crippen LogP contribution in [0.15, 0.2) is 78.6 Å². The van der Waals surface area contributed by atoms with Crippen molar-refractivity contribution in [2.24, 2.45) is 5.41 Å². The van der Waals surface area contributed by atoms with Crippen LogP contribution in [0.3, 0.4) is 0 Å². The molecule has 3 aliphatic heterocycles. The van der Waals surface area contributed by atoms with Gasteiger partial charge in [0.25, 0.3) is 11.8 Å². The fraction of sp³-hybridized carbons (Fsp3) is 0.375. The number of aromatic nitrogens is 2. The SMILES string of the molecule is C=CC(C)(C)C12C=C(O)C(=O)N3C(=Cc4cn(C(C)(C)CC(=O)C=C(C)C)cn4)C(=O)NC31N(OC)c1ccccc12. The molecule has 42 heavy (non-hydrogen) atoms. The summed E-state index contributed by atoms with van der Waals surface area (Å²) in [6.45, 7) is 15.5. The van der Waals surface area contributed by atoms with E-state index in [9.17, 15) is 19.5 Å². The van der Waals surface area contributed by atoms with E-state index in [1.54, 1.807) is 24.7 Å². The average Bonchev–Trinajstić information content (AvgIpc) is 3.56. The summed E-state index contributed by atoms with van der Waals surface area (Å²) in [5, 5.41) is 15.7. The molecule has 10 heteroatoms. The largest absolute Gasteiger partial charge is 0.503 e. The zero-order valence-corrected chi connectivity index (χ0v) is 25.1. The second-order valence-electron chi connectivity index (χ2n) is 12.4. The predicted molar refractivity (Wildman–Crippen MR) is 159 cm³/mol. The zero-order chi connectivity index (χ0) is 30.8. The summed E-state index contributed by atoms with van der Waals surface area (Å²) in [6.07, 6.45) is 9.95. The van der Waals surface area contributed by atoms with E-state index >= 15 is 0 Å². The van der Waals surface area contributed by atoms with Gasteiger partial charge >= 0.3 is 0 Å². The Morgan fingerprint density at radius 3 is 2.52 bits per heavy atom. The van der Waals surface area contributed by atoms with Gasteiger partial charge in [0.05, 0.1) is 30.2 Å². The number of carbonyl (C=O) groups is 3. The van der Waals surface area contributed by atoms with Crippen LogP contribution < -0.4 is 10.4 Å². The number of ketones is 1. The smallest absolute Gasteiger partial charge is 0.296 e. The van der Waals surface area contributed by atoms with Gasteiger partial charge in [0, 0.05) is 23.6 Å². The molecule has 1 aromatic heterocycles. The maximum atomic E-state index is 13.9. The van der Waals surface area contributed by atoms with Gasteiger partial charge in [-0.3, -0.25) is 24.1 Å². The molecule has 2 N–H and O–H groups in total. The highest BCUT2D eigenvalue weighted by atomic mass is 16.7. The number of hydroxylamine groups is 1. The molecule has 1 aromatic carbocycles. The molecule has 0 aliphatic carbocycles. The van der Waals surface area contributed by atoms with Crippen molar-refractivity contribution in [2.75, 3.05) is 12.2 Å². The monoisotopic (exact) mass is 571 g/mol. The maximum Gasteiger partial charge on any atom is 0.296 e. The fourth-order valence-electron chi connectivity index (χ4n) is 6.57. The minimum Gasteiger partial charge on any atom is -0.503 e. The lowest BCUT2D eigenvalue weighted by Gasteiger charge is -2.56. The highest BCUT2D eigenvalue weighted by molar-refractivity contribution is 6.10. The molecular weight excluding hydrogens is 534 g/mol. The number of nitrogens with one attached hydrogen (secondary N) is 1. The normalized spacial score (nSPS) is 24.2. The number of hydrogen-bond donors (Lipinski definition) is 2. The van der Waals surface area contributed by atoms with Crippen LogP contribution in [-0.4, -0.2) is 50.1 Å². The van der Waals surface area contributed by atoms with Crippen molar-refractivity contribution < 1.29 is 24.3 Å². The maximum absolute atomic E-state index is 13.9. The third-order valence-corrected chi connectivity index (χ3v) is 8.60. The van der Waals surface area contributed by atoms with Crippen LogP contribution in [0.25, 0.3) is 6.08 Å². The zero-order valence-electron chi connectivity index (χ0n) is 25.1. The number of aliphatic hydroxyl groups is 1. The highest BCUT2D eigenvalue weighted by Gasteiger charge is 2.77. The van der Waals surface area contributed by atoms with Crippen LogP contribution in [0.5, 0.6) is 0 Å². The molecule has 2 aromatic rings. The topological polar surface area (TPSA) is 117 Å². The first-order chi connectivity index (χ1) is 19.7. The molecular formula is C32H37N5O5. The first-order valence-electron chi connectivity index (χ1n) is 13.8. The van der Waals surface area contributed by atoms with Gasteiger partial charge in [0.2, 0.25) is 5.79 Å². The molecule has 2 unspecified atom stereocenters. The number of allylic oxidation sites excluding steroid dienone is 3. The average molecular weight is 572 g/mol. The van der Waals surface area contributed by atoms with E-state index in [0.29, 0.717) is 11.4 Å². The second kappa shape index (κ2) is 9.55. The van der Waals surface area contributed by atoms with Crippen LogP contribution in [0, 0.1) is 5.41 Å². The quantitative estimate of drug-likeness (QED) is 0.354. The van der Waals surface area contributed by atoms with Crippen LogP contribution in [0.1, 0.15) is 59.2 Å². The van der Waals surface area contributed by atoms with Gasteiger partial charge in [0.1, 0.15) is 5.70 Å². The van der Waals surface area contributed by atoms with Crippen molar-refractivity contribution in [3.63, 3.8) is 0 Å². The van der Waals surface area contributed by atoms with E-state index in [2.05, 4.69) is 16.9 Å². The first-order valence-corrected chi connectivity index (χ1v) is 13.8. The molecule has 220 valence electrons. The van der Waals surface area contributed by atoms with E-state index < -0.39 is 39.7 Å². The standard InChI is InChI=1S/C32H37N5O5/c1-9-29(4,5)31-17-26(39)28(41)36-25(15-21-18-35(19-33-21)30(6,7)16-22(38)14-20(2)3)27(40)34-32(31,36)37(42-8)24-13-11-10-12-23(24)31/h9-15,17-19,39H,1,16H2,2-8H3,(H,34,40). The highest BCUT2D eigenvalue weighted by Crippen LogP contribution is 2.64. The van der Waals surface area contributed by atoms with Crippen molar-refractivity contribution in [3.8, 4) is 0 Å². The van der Waals surface area contributed by atoms with Crippen molar-refractivity contribution in [2.45, 2.75) is 64.7 Å². The summed E-state index contributed by atoms with van der Waals surface area (Å²) in [5.41, 5.74) is 0.0711. The van der Waals surface area contributed by atoms with Gasteiger partial charge in [0.15, 0.2) is 11.5 Å². The van der Waals surface area contributed by atoms with Crippen LogP contribution in [-0.2, 0) is 30.2 Å². The number of hydrogen-bond acceptors (Lipinski definition) is 7. The number of para-hydroxylation sites is 1. The number of imidazole rings is 1. The number of fused-ring (bicyclic) bond motifs is 2. The Morgan fingerprint density at radius 2 is 1.88 bits per heavy atom. The van der Waals surface area contributed by atoms with E-state index in [0.717, 1.165) is 11.1 Å². The summed E-state index contributed by atoms with van der Waals surface area (Å²) in [4.78, 5) is 51.9. The lowest BCUT2D eigenvalue weighted by atomic mass is 9.57. The second-order valence-corrected chi connectivity index (χ2v) is 12.4. The number of benzene rings is 1. The van der Waals surface area contributed by atoms with Gasteiger partial charge in [-0.2, -0.15) is 0 Å². The third kappa shape index (κ3) is 3.81. The lowest BCUT2D eigenvalue weighted by molar-refractivity contribution is -0.144. The Kier molecular flexibility index (Phi) is 6.61. The van der Waals surface area contributed by atoms with E-state index in [-0.39, 0.29) is 17.9 Å². The minimum atomic E-state index is -1.60. The van der Waals surface area contributed by atoms with Gasteiger partial charge < -0.3 is 15.0 Å². The van der Waals surface area contributed by atoms with E-state index in [4.69, 9.17) is 4.84 Å². The number of nitrogens with zero attached hydrogens (tertiary/aromatic N) is 4. The number of anilines is 1. The molecule has 2 atom stereocenters. The Bertz CT molecular complexity index is 1610. The van der Waals surface area contributed by atoms with Crippen LogP contribution in [0.2, 0.25) is 0 Å². The Hall–Kier alpha value is -4.44. The molecule has 0 radical (unpaired) electrons. The van der Waals surface area contributed by atoms with Gasteiger partial charge in [-0.1, -0.05) is 43.7 Å². The molecule has 1 fully saturated rings. The number of rotatable bonds is 8. The summed E-state index contributed by atoms with van der Waals surface area (Å²) < 4.78 is 1.81. The Balaban J connectivity index is 1.67. The Labute approximate surface area is 245 Å². The van der Waals surface area contributed by atoms with Gasteiger partial charge in [-0.15, -0.1) is 6.58 Å². The molecule has 5 rings (SSSR count). The summed E-state index contributed by atoms with van der Waals surface area (Å²) in [6, 6.07) is 7.44.